The number of rotatable bonds is 3. The molecular formula is C22H26ClN3O. The number of halogens is 1. The molecule has 0 bridgehead atoms. The molecule has 3 rings (SSSR count). The summed E-state index contributed by atoms with van der Waals surface area (Å²) in [7, 11) is 2.14. The predicted molar refractivity (Wildman–Crippen MR) is 113 cm³/mol. The predicted octanol–water partition coefficient (Wildman–Crippen LogP) is 5.13. The Balaban J connectivity index is 1.75. The molecule has 0 spiro atoms. The maximum atomic E-state index is 12.3. The second kappa shape index (κ2) is 7.35. The minimum Gasteiger partial charge on any atom is -0.369 e. The first-order valence-electron chi connectivity index (χ1n) is 9.16. The Morgan fingerprint density at radius 3 is 2.74 bits per heavy atom. The van der Waals surface area contributed by atoms with Gasteiger partial charge >= 0.3 is 0 Å². The van der Waals surface area contributed by atoms with Gasteiger partial charge in [0.25, 0.3) is 5.91 Å². The van der Waals surface area contributed by atoms with Gasteiger partial charge in [0, 0.05) is 18.3 Å². The fourth-order valence-corrected chi connectivity index (χ4v) is 4.03. The standard InChI is InChI=1S/C22H26ClN3O/c1-14-6-8-17(19(23)10-14)21(27)25-24-13-16-7-9-20-18(11-16)15(2)12-22(3,4)26(20)5/h6-11,13,15H,12H2,1-5H3,(H,25,27)/b24-13-/t15-/m0/s1. The van der Waals surface area contributed by atoms with Gasteiger partial charge in [-0.25, -0.2) is 5.43 Å². The van der Waals surface area contributed by atoms with Gasteiger partial charge in [0.15, 0.2) is 0 Å². The minimum atomic E-state index is -0.316. The van der Waals surface area contributed by atoms with Gasteiger partial charge in [-0.3, -0.25) is 4.79 Å². The van der Waals surface area contributed by atoms with Crippen molar-refractivity contribution in [1.29, 1.82) is 0 Å². The smallest absolute Gasteiger partial charge is 0.272 e. The van der Waals surface area contributed by atoms with E-state index in [4.69, 9.17) is 11.6 Å². The summed E-state index contributed by atoms with van der Waals surface area (Å²) in [6, 6.07) is 11.6. The van der Waals surface area contributed by atoms with E-state index in [1.165, 1.54) is 11.3 Å². The largest absolute Gasteiger partial charge is 0.369 e. The van der Waals surface area contributed by atoms with Gasteiger partial charge in [0.2, 0.25) is 0 Å². The summed E-state index contributed by atoms with van der Waals surface area (Å²) in [5.74, 6) is 0.157. The van der Waals surface area contributed by atoms with Crippen LogP contribution in [0.4, 0.5) is 5.69 Å². The molecule has 0 aliphatic carbocycles. The second-order valence-corrected chi connectivity index (χ2v) is 8.38. The van der Waals surface area contributed by atoms with Crippen LogP contribution in [0, 0.1) is 6.92 Å². The zero-order chi connectivity index (χ0) is 19.8. The average molecular weight is 384 g/mol. The maximum absolute atomic E-state index is 12.3. The number of nitrogens with one attached hydrogen (secondary N) is 1. The molecule has 5 heteroatoms. The van der Waals surface area contributed by atoms with Crippen molar-refractivity contribution in [3.05, 3.63) is 63.7 Å². The van der Waals surface area contributed by atoms with E-state index in [-0.39, 0.29) is 11.4 Å². The van der Waals surface area contributed by atoms with E-state index >= 15 is 0 Å². The lowest BCUT2D eigenvalue weighted by molar-refractivity contribution is 0.0955. The molecule has 1 aliphatic rings. The number of hydrogen-bond donors (Lipinski definition) is 1. The molecule has 1 heterocycles. The number of benzene rings is 2. The Kier molecular flexibility index (Phi) is 5.29. The highest BCUT2D eigenvalue weighted by Gasteiger charge is 2.33. The van der Waals surface area contributed by atoms with Crippen LogP contribution < -0.4 is 10.3 Å². The molecule has 0 unspecified atom stereocenters. The van der Waals surface area contributed by atoms with E-state index in [0.717, 1.165) is 17.5 Å². The summed E-state index contributed by atoms with van der Waals surface area (Å²) in [5.41, 5.74) is 7.66. The maximum Gasteiger partial charge on any atom is 0.272 e. The Bertz CT molecular complexity index is 904. The number of hydrogen-bond acceptors (Lipinski definition) is 3. The number of fused-ring (bicyclic) bond motifs is 1. The third kappa shape index (κ3) is 4.01. The van der Waals surface area contributed by atoms with Gasteiger partial charge in [0.05, 0.1) is 16.8 Å². The molecule has 0 saturated carbocycles. The molecule has 4 nitrogen and oxygen atoms in total. The van der Waals surface area contributed by atoms with Crippen LogP contribution in [0.5, 0.6) is 0 Å². The average Bonchev–Trinajstić information content (AvgIpc) is 2.59. The number of carbonyl (C=O) groups excluding carboxylic acids is 1. The van der Waals surface area contributed by atoms with E-state index in [9.17, 15) is 4.79 Å². The molecule has 27 heavy (non-hydrogen) atoms. The van der Waals surface area contributed by atoms with Crippen molar-refractivity contribution < 1.29 is 4.79 Å². The lowest BCUT2D eigenvalue weighted by Gasteiger charge is -2.45. The Hall–Kier alpha value is -2.33. The highest BCUT2D eigenvalue weighted by Crippen LogP contribution is 2.42. The van der Waals surface area contributed by atoms with Crippen molar-refractivity contribution in [3.8, 4) is 0 Å². The van der Waals surface area contributed by atoms with Gasteiger partial charge in [-0.2, -0.15) is 5.10 Å². The van der Waals surface area contributed by atoms with Crippen molar-refractivity contribution in [3.63, 3.8) is 0 Å². The first kappa shape index (κ1) is 19.4. The number of aryl methyl sites for hydroxylation is 1. The number of carbonyl (C=O) groups is 1. The summed E-state index contributed by atoms with van der Waals surface area (Å²) in [6.45, 7) is 8.73. The monoisotopic (exact) mass is 383 g/mol. The zero-order valence-electron chi connectivity index (χ0n) is 16.5. The molecule has 2 aromatic rings. The van der Waals surface area contributed by atoms with Gasteiger partial charge in [-0.05, 0) is 74.1 Å². The van der Waals surface area contributed by atoms with Crippen LogP contribution in [0.25, 0.3) is 0 Å². The SMILES string of the molecule is Cc1ccc(C(=O)N/N=C\c2ccc3c(c2)[C@@H](C)CC(C)(C)N3C)c(Cl)c1. The Labute approximate surface area is 166 Å². The third-order valence-corrected chi connectivity index (χ3v) is 5.72. The normalized spacial score (nSPS) is 18.4. The summed E-state index contributed by atoms with van der Waals surface area (Å²) in [4.78, 5) is 14.6. The number of hydrazone groups is 1. The van der Waals surface area contributed by atoms with Crippen LogP contribution in [0.2, 0.25) is 5.02 Å². The summed E-state index contributed by atoms with van der Waals surface area (Å²) in [6.07, 6.45) is 2.77. The molecule has 0 radical (unpaired) electrons. The molecule has 1 aliphatic heterocycles. The number of anilines is 1. The summed E-state index contributed by atoms with van der Waals surface area (Å²) in [5, 5.41) is 4.53. The number of nitrogens with zero attached hydrogens (tertiary/aromatic N) is 2. The Morgan fingerprint density at radius 1 is 1.30 bits per heavy atom. The van der Waals surface area contributed by atoms with Crippen molar-refractivity contribution in [2.45, 2.75) is 45.6 Å². The van der Waals surface area contributed by atoms with Crippen molar-refractivity contribution in [2.75, 3.05) is 11.9 Å². The third-order valence-electron chi connectivity index (χ3n) is 5.41. The molecule has 2 aromatic carbocycles. The van der Waals surface area contributed by atoms with Crippen molar-refractivity contribution in [1.82, 2.24) is 5.43 Å². The Morgan fingerprint density at radius 2 is 2.04 bits per heavy atom. The molecule has 0 aromatic heterocycles. The van der Waals surface area contributed by atoms with Gasteiger partial charge in [-0.15, -0.1) is 0 Å². The lowest BCUT2D eigenvalue weighted by atomic mass is 9.80. The summed E-state index contributed by atoms with van der Waals surface area (Å²) >= 11 is 6.14. The van der Waals surface area contributed by atoms with E-state index in [1.807, 2.05) is 19.1 Å². The number of amides is 1. The molecule has 142 valence electrons. The van der Waals surface area contributed by atoms with Crippen LogP contribution in [0.1, 0.15) is 60.2 Å². The van der Waals surface area contributed by atoms with Crippen LogP contribution >= 0.6 is 11.6 Å². The quantitative estimate of drug-likeness (QED) is 0.589. The minimum absolute atomic E-state index is 0.142. The van der Waals surface area contributed by atoms with E-state index in [1.54, 1.807) is 18.3 Å². The fourth-order valence-electron chi connectivity index (χ4n) is 3.71. The second-order valence-electron chi connectivity index (χ2n) is 7.98. The zero-order valence-corrected chi connectivity index (χ0v) is 17.3. The van der Waals surface area contributed by atoms with Crippen LogP contribution in [0.3, 0.4) is 0 Å². The highest BCUT2D eigenvalue weighted by atomic mass is 35.5. The lowest BCUT2D eigenvalue weighted by Crippen LogP contribution is -2.45. The van der Waals surface area contributed by atoms with E-state index < -0.39 is 0 Å². The van der Waals surface area contributed by atoms with Crippen molar-refractivity contribution >= 4 is 29.4 Å². The van der Waals surface area contributed by atoms with Crippen molar-refractivity contribution in [2.24, 2.45) is 5.10 Å². The van der Waals surface area contributed by atoms with Crippen LogP contribution in [-0.2, 0) is 0 Å². The molecule has 1 N–H and O–H groups in total. The molecule has 1 amide bonds. The molecule has 0 fully saturated rings. The highest BCUT2D eigenvalue weighted by molar-refractivity contribution is 6.33. The topological polar surface area (TPSA) is 44.7 Å². The van der Waals surface area contributed by atoms with Gasteiger partial charge < -0.3 is 4.90 Å². The molecule has 1 atom stereocenters. The van der Waals surface area contributed by atoms with Crippen LogP contribution in [-0.4, -0.2) is 24.7 Å². The first-order chi connectivity index (χ1) is 12.7. The molecule has 0 saturated heterocycles. The fraction of sp³-hybridized carbons (Fsp3) is 0.364. The van der Waals surface area contributed by atoms with Crippen LogP contribution in [0.15, 0.2) is 41.5 Å². The van der Waals surface area contributed by atoms with Gasteiger partial charge in [-0.1, -0.05) is 30.7 Å². The first-order valence-corrected chi connectivity index (χ1v) is 9.54. The summed E-state index contributed by atoms with van der Waals surface area (Å²) < 4.78 is 0. The van der Waals surface area contributed by atoms with E-state index in [2.05, 4.69) is 55.4 Å². The van der Waals surface area contributed by atoms with E-state index in [0.29, 0.717) is 16.5 Å². The van der Waals surface area contributed by atoms with Gasteiger partial charge in [0.1, 0.15) is 0 Å². The molecular weight excluding hydrogens is 358 g/mol.